The largest absolute Gasteiger partial charge is 0.341 e. The van der Waals surface area contributed by atoms with Crippen molar-refractivity contribution in [1.29, 1.82) is 0 Å². The molecule has 3 aromatic rings. The highest BCUT2D eigenvalue weighted by Gasteiger charge is 2.19. The number of halogens is 1. The van der Waals surface area contributed by atoms with Gasteiger partial charge in [-0.2, -0.15) is 0 Å². The van der Waals surface area contributed by atoms with Crippen LogP contribution in [-0.2, 0) is 17.9 Å². The minimum Gasteiger partial charge on any atom is -0.341 e. The molecule has 5 nitrogen and oxygen atoms in total. The number of nitrogens with zero attached hydrogens (tertiary/aromatic N) is 4. The normalized spacial score (nSPS) is 11.1. The van der Waals surface area contributed by atoms with Gasteiger partial charge < -0.3 is 9.47 Å². The molecule has 0 fully saturated rings. The molecular weight excluding hydrogens is 387 g/mol. The summed E-state index contributed by atoms with van der Waals surface area (Å²) in [5, 5.41) is 9.08. The fourth-order valence-electron chi connectivity index (χ4n) is 2.95. The number of hydrogen-bond acceptors (Lipinski definition) is 4. The quantitative estimate of drug-likeness (QED) is 0.512. The maximum absolute atomic E-state index is 14.3. The van der Waals surface area contributed by atoms with Crippen LogP contribution in [0.4, 0.5) is 4.39 Å². The molecule has 0 unspecified atom stereocenters. The van der Waals surface area contributed by atoms with E-state index in [0.29, 0.717) is 35.6 Å². The van der Waals surface area contributed by atoms with Crippen LogP contribution in [0, 0.1) is 11.7 Å². The number of aromatic nitrogens is 3. The molecule has 0 atom stereocenters. The second-order valence-corrected chi connectivity index (χ2v) is 8.26. The topological polar surface area (TPSA) is 51.0 Å². The molecule has 0 N–H and O–H groups in total. The smallest absolute Gasteiger partial charge is 0.233 e. The summed E-state index contributed by atoms with van der Waals surface area (Å²) in [4.78, 5) is 14.3. The Labute approximate surface area is 175 Å². The predicted octanol–water partition coefficient (Wildman–Crippen LogP) is 4.49. The number of thioether (sulfide) groups is 1. The van der Waals surface area contributed by atoms with Crippen molar-refractivity contribution in [1.82, 2.24) is 19.7 Å². The van der Waals surface area contributed by atoms with Gasteiger partial charge in [0.2, 0.25) is 5.91 Å². The molecule has 0 aliphatic rings. The zero-order chi connectivity index (χ0) is 20.8. The monoisotopic (exact) mass is 412 g/mol. The fourth-order valence-corrected chi connectivity index (χ4v) is 3.84. The van der Waals surface area contributed by atoms with Gasteiger partial charge in [-0.3, -0.25) is 4.79 Å². The summed E-state index contributed by atoms with van der Waals surface area (Å²) < 4.78 is 16.2. The third-order valence-electron chi connectivity index (χ3n) is 4.39. The van der Waals surface area contributed by atoms with E-state index in [-0.39, 0.29) is 17.5 Å². The summed E-state index contributed by atoms with van der Waals surface area (Å²) >= 11 is 1.33. The highest BCUT2D eigenvalue weighted by Crippen LogP contribution is 2.27. The van der Waals surface area contributed by atoms with Gasteiger partial charge in [-0.15, -0.1) is 10.2 Å². The van der Waals surface area contributed by atoms with Crippen molar-refractivity contribution in [2.75, 3.05) is 12.8 Å². The van der Waals surface area contributed by atoms with Crippen LogP contribution in [0.1, 0.15) is 19.4 Å². The third-order valence-corrected chi connectivity index (χ3v) is 5.34. The number of amides is 1. The predicted molar refractivity (Wildman–Crippen MR) is 114 cm³/mol. The van der Waals surface area contributed by atoms with Crippen molar-refractivity contribution < 1.29 is 9.18 Å². The van der Waals surface area contributed by atoms with Crippen LogP contribution in [0.5, 0.6) is 0 Å². The fraction of sp³-hybridized carbons (Fsp3) is 0.318. The molecule has 7 heteroatoms. The van der Waals surface area contributed by atoms with Crippen LogP contribution in [0.2, 0.25) is 0 Å². The maximum atomic E-state index is 14.3. The van der Waals surface area contributed by atoms with E-state index >= 15 is 0 Å². The lowest BCUT2D eigenvalue weighted by Gasteiger charge is -2.17. The molecule has 3 rings (SSSR count). The second kappa shape index (κ2) is 9.69. The second-order valence-electron chi connectivity index (χ2n) is 7.31. The van der Waals surface area contributed by atoms with Gasteiger partial charge in [0.05, 0.1) is 11.3 Å². The third kappa shape index (κ3) is 5.44. The minimum absolute atomic E-state index is 0.00499. The van der Waals surface area contributed by atoms with Gasteiger partial charge in [0.15, 0.2) is 11.0 Å². The Bertz CT molecular complexity index is 958. The molecule has 152 valence electrons. The molecule has 0 saturated carbocycles. The molecule has 1 heterocycles. The zero-order valence-corrected chi connectivity index (χ0v) is 17.7. The summed E-state index contributed by atoms with van der Waals surface area (Å²) in [7, 11) is 1.79. The Kier molecular flexibility index (Phi) is 7.04. The molecule has 2 aromatic carbocycles. The van der Waals surface area contributed by atoms with Gasteiger partial charge in [-0.05, 0) is 23.6 Å². The van der Waals surface area contributed by atoms with Gasteiger partial charge in [0, 0.05) is 20.1 Å². The lowest BCUT2D eigenvalue weighted by Crippen LogP contribution is -2.27. The molecule has 0 bridgehead atoms. The molecule has 0 spiro atoms. The lowest BCUT2D eigenvalue weighted by molar-refractivity contribution is -0.127. The summed E-state index contributed by atoms with van der Waals surface area (Å²) in [5.74, 6) is 0.735. The number of benzene rings is 2. The maximum Gasteiger partial charge on any atom is 0.233 e. The van der Waals surface area contributed by atoms with Crippen molar-refractivity contribution in [2.24, 2.45) is 5.92 Å². The van der Waals surface area contributed by atoms with Crippen LogP contribution in [0.25, 0.3) is 11.4 Å². The van der Waals surface area contributed by atoms with Crippen LogP contribution in [-0.4, -0.2) is 38.4 Å². The minimum atomic E-state index is -0.333. The average molecular weight is 413 g/mol. The van der Waals surface area contributed by atoms with Crippen LogP contribution in [0.3, 0.4) is 0 Å². The summed E-state index contributed by atoms with van der Waals surface area (Å²) in [6.07, 6.45) is 0. The molecule has 29 heavy (non-hydrogen) atoms. The first-order chi connectivity index (χ1) is 14.0. The number of hydrogen-bond donors (Lipinski definition) is 0. The highest BCUT2D eigenvalue weighted by atomic mass is 32.2. The standard InChI is InChI=1S/C22H25FN4OS/c1-16(2)13-27-21(18-11-7-8-12-19(18)23)24-25-22(27)29-15-20(28)26(3)14-17-9-5-4-6-10-17/h4-12,16H,13-15H2,1-3H3. The Morgan fingerprint density at radius 1 is 1.10 bits per heavy atom. The van der Waals surface area contributed by atoms with Crippen molar-refractivity contribution in [3.8, 4) is 11.4 Å². The van der Waals surface area contributed by atoms with Crippen LogP contribution in [0.15, 0.2) is 59.8 Å². The number of rotatable bonds is 8. The van der Waals surface area contributed by atoms with E-state index in [0.717, 1.165) is 5.56 Å². The summed E-state index contributed by atoms with van der Waals surface area (Å²) in [6, 6.07) is 16.4. The van der Waals surface area contributed by atoms with E-state index in [1.807, 2.05) is 34.9 Å². The molecule has 1 aromatic heterocycles. The van der Waals surface area contributed by atoms with E-state index in [9.17, 15) is 9.18 Å². The van der Waals surface area contributed by atoms with Crippen LogP contribution < -0.4 is 0 Å². The van der Waals surface area contributed by atoms with Crippen molar-refractivity contribution in [3.63, 3.8) is 0 Å². The molecule has 1 amide bonds. The van der Waals surface area contributed by atoms with E-state index < -0.39 is 0 Å². The molecule has 0 aliphatic heterocycles. The molecule has 0 radical (unpaired) electrons. The highest BCUT2D eigenvalue weighted by molar-refractivity contribution is 7.99. The first-order valence-electron chi connectivity index (χ1n) is 9.54. The van der Waals surface area contributed by atoms with Gasteiger partial charge in [0.1, 0.15) is 5.82 Å². The first kappa shape index (κ1) is 21.0. The van der Waals surface area contributed by atoms with Crippen molar-refractivity contribution in [3.05, 3.63) is 66.0 Å². The number of carbonyl (C=O) groups excluding carboxylic acids is 1. The van der Waals surface area contributed by atoms with Gasteiger partial charge >= 0.3 is 0 Å². The van der Waals surface area contributed by atoms with Gasteiger partial charge in [-0.25, -0.2) is 4.39 Å². The Balaban J connectivity index is 1.73. The molecular formula is C22H25FN4OS. The first-order valence-corrected chi connectivity index (χ1v) is 10.5. The SMILES string of the molecule is CC(C)Cn1c(SCC(=O)N(C)Cc2ccccc2)nnc1-c1ccccc1F. The van der Waals surface area contributed by atoms with Crippen molar-refractivity contribution >= 4 is 17.7 Å². The average Bonchev–Trinajstić information content (AvgIpc) is 3.08. The van der Waals surface area contributed by atoms with E-state index in [2.05, 4.69) is 24.0 Å². The Hall–Kier alpha value is -2.67. The summed E-state index contributed by atoms with van der Waals surface area (Å²) in [5.41, 5.74) is 1.50. The Morgan fingerprint density at radius 3 is 2.48 bits per heavy atom. The van der Waals surface area contributed by atoms with Gasteiger partial charge in [-0.1, -0.05) is 68.1 Å². The summed E-state index contributed by atoms with van der Waals surface area (Å²) in [6.45, 7) is 5.36. The van der Waals surface area contributed by atoms with E-state index in [4.69, 9.17) is 0 Å². The zero-order valence-electron chi connectivity index (χ0n) is 16.9. The van der Waals surface area contributed by atoms with Gasteiger partial charge in [0.25, 0.3) is 0 Å². The number of carbonyl (C=O) groups is 1. The van der Waals surface area contributed by atoms with Crippen LogP contribution >= 0.6 is 11.8 Å². The molecule has 0 saturated heterocycles. The van der Waals surface area contributed by atoms with E-state index in [1.165, 1.54) is 17.8 Å². The molecule has 0 aliphatic carbocycles. The van der Waals surface area contributed by atoms with Crippen molar-refractivity contribution in [2.45, 2.75) is 32.1 Å². The van der Waals surface area contributed by atoms with E-state index in [1.54, 1.807) is 30.1 Å². The Morgan fingerprint density at radius 2 is 1.79 bits per heavy atom. The lowest BCUT2D eigenvalue weighted by atomic mass is 10.2.